The van der Waals surface area contributed by atoms with E-state index in [9.17, 15) is 0 Å². The number of fused-ring (bicyclic) bond motifs is 1. The summed E-state index contributed by atoms with van der Waals surface area (Å²) in [4.78, 5) is 4.28. The maximum absolute atomic E-state index is 3.38. The SMILES string of the molecule is CNCC1CCCCN1C1CCSc2ccccc21. The quantitative estimate of drug-likeness (QED) is 0.912. The van der Waals surface area contributed by atoms with Crippen LogP contribution in [0.25, 0.3) is 0 Å². The van der Waals surface area contributed by atoms with Gasteiger partial charge in [-0.2, -0.15) is 0 Å². The molecule has 2 aliphatic rings. The molecule has 0 aliphatic carbocycles. The van der Waals surface area contributed by atoms with Gasteiger partial charge in [-0.1, -0.05) is 24.6 Å². The summed E-state index contributed by atoms with van der Waals surface area (Å²) in [5.74, 6) is 1.27. The summed E-state index contributed by atoms with van der Waals surface area (Å²) >= 11 is 2.03. The van der Waals surface area contributed by atoms with Gasteiger partial charge in [0.1, 0.15) is 0 Å². The Kier molecular flexibility index (Phi) is 4.46. The monoisotopic (exact) mass is 276 g/mol. The maximum Gasteiger partial charge on any atom is 0.0370 e. The van der Waals surface area contributed by atoms with Crippen molar-refractivity contribution in [2.45, 2.75) is 42.7 Å². The minimum Gasteiger partial charge on any atom is -0.318 e. The van der Waals surface area contributed by atoms with Gasteiger partial charge in [-0.25, -0.2) is 0 Å². The highest BCUT2D eigenvalue weighted by atomic mass is 32.2. The molecular weight excluding hydrogens is 252 g/mol. The highest BCUT2D eigenvalue weighted by Gasteiger charge is 2.32. The van der Waals surface area contributed by atoms with E-state index in [1.165, 1.54) is 42.9 Å². The summed E-state index contributed by atoms with van der Waals surface area (Å²) in [6.07, 6.45) is 5.42. The summed E-state index contributed by atoms with van der Waals surface area (Å²) in [5.41, 5.74) is 1.57. The molecule has 2 unspecified atom stereocenters. The van der Waals surface area contributed by atoms with E-state index in [-0.39, 0.29) is 0 Å². The summed E-state index contributed by atoms with van der Waals surface area (Å²) in [7, 11) is 2.08. The average Bonchev–Trinajstić information content (AvgIpc) is 2.48. The molecule has 3 rings (SSSR count). The zero-order valence-electron chi connectivity index (χ0n) is 11.8. The molecule has 1 aromatic carbocycles. The van der Waals surface area contributed by atoms with Gasteiger partial charge in [0, 0.05) is 23.5 Å². The Labute approximate surface area is 121 Å². The number of benzene rings is 1. The number of hydrogen-bond acceptors (Lipinski definition) is 3. The molecule has 0 saturated carbocycles. The van der Waals surface area contributed by atoms with Crippen molar-refractivity contribution in [2.75, 3.05) is 25.9 Å². The van der Waals surface area contributed by atoms with Crippen LogP contribution in [-0.2, 0) is 0 Å². The Morgan fingerprint density at radius 1 is 1.26 bits per heavy atom. The third-order valence-electron chi connectivity index (χ3n) is 4.44. The first kappa shape index (κ1) is 13.5. The van der Waals surface area contributed by atoms with E-state index in [1.807, 2.05) is 11.8 Å². The van der Waals surface area contributed by atoms with E-state index in [1.54, 1.807) is 5.56 Å². The lowest BCUT2D eigenvalue weighted by atomic mass is 9.94. The Morgan fingerprint density at radius 2 is 2.16 bits per heavy atom. The molecule has 3 heteroatoms. The van der Waals surface area contributed by atoms with Crippen molar-refractivity contribution >= 4 is 11.8 Å². The molecule has 0 bridgehead atoms. The van der Waals surface area contributed by atoms with Crippen LogP contribution in [0.15, 0.2) is 29.2 Å². The van der Waals surface area contributed by atoms with Crippen molar-refractivity contribution in [3.8, 4) is 0 Å². The van der Waals surface area contributed by atoms with Crippen molar-refractivity contribution in [1.29, 1.82) is 0 Å². The first-order valence-electron chi connectivity index (χ1n) is 7.52. The van der Waals surface area contributed by atoms with Crippen LogP contribution in [0, 0.1) is 0 Å². The van der Waals surface area contributed by atoms with Crippen molar-refractivity contribution in [3.63, 3.8) is 0 Å². The van der Waals surface area contributed by atoms with Gasteiger partial charge in [-0.15, -0.1) is 11.8 Å². The largest absolute Gasteiger partial charge is 0.318 e. The normalized spacial score (nSPS) is 28.1. The first-order chi connectivity index (χ1) is 9.40. The van der Waals surface area contributed by atoms with E-state index in [0.717, 1.165) is 12.6 Å². The molecule has 1 saturated heterocycles. The fourth-order valence-corrected chi connectivity index (χ4v) is 4.66. The molecule has 0 radical (unpaired) electrons. The molecular formula is C16H24N2S. The second kappa shape index (κ2) is 6.29. The van der Waals surface area contributed by atoms with Crippen LogP contribution in [0.5, 0.6) is 0 Å². The Balaban J connectivity index is 1.84. The van der Waals surface area contributed by atoms with E-state index < -0.39 is 0 Å². The molecule has 2 atom stereocenters. The molecule has 0 amide bonds. The highest BCUT2D eigenvalue weighted by molar-refractivity contribution is 7.99. The molecule has 0 spiro atoms. The molecule has 1 fully saturated rings. The number of nitrogens with one attached hydrogen (secondary N) is 1. The molecule has 2 aliphatic heterocycles. The number of hydrogen-bond donors (Lipinski definition) is 1. The number of likely N-dealkylation sites (N-methyl/N-ethyl adjacent to an activating group) is 1. The van der Waals surface area contributed by atoms with Gasteiger partial charge in [-0.05, 0) is 50.2 Å². The molecule has 19 heavy (non-hydrogen) atoms. The van der Waals surface area contributed by atoms with Crippen molar-refractivity contribution in [2.24, 2.45) is 0 Å². The van der Waals surface area contributed by atoms with Gasteiger partial charge >= 0.3 is 0 Å². The maximum atomic E-state index is 3.38. The third-order valence-corrected chi connectivity index (χ3v) is 5.56. The van der Waals surface area contributed by atoms with Crippen LogP contribution in [0.2, 0.25) is 0 Å². The van der Waals surface area contributed by atoms with Crippen LogP contribution in [0.4, 0.5) is 0 Å². The van der Waals surface area contributed by atoms with E-state index >= 15 is 0 Å². The Bertz CT molecular complexity index is 419. The zero-order valence-corrected chi connectivity index (χ0v) is 12.6. The van der Waals surface area contributed by atoms with Gasteiger partial charge in [0.2, 0.25) is 0 Å². The lowest BCUT2D eigenvalue weighted by Gasteiger charge is -2.43. The number of nitrogens with zero attached hydrogens (tertiary/aromatic N) is 1. The minimum atomic E-state index is 0.649. The summed E-state index contributed by atoms with van der Waals surface area (Å²) in [6, 6.07) is 10.4. The highest BCUT2D eigenvalue weighted by Crippen LogP contribution is 2.41. The van der Waals surface area contributed by atoms with Gasteiger partial charge in [0.15, 0.2) is 0 Å². The summed E-state index contributed by atoms with van der Waals surface area (Å²) < 4.78 is 0. The fraction of sp³-hybridized carbons (Fsp3) is 0.625. The van der Waals surface area contributed by atoms with Crippen LogP contribution in [0.1, 0.15) is 37.3 Å². The number of rotatable bonds is 3. The van der Waals surface area contributed by atoms with Crippen molar-refractivity contribution < 1.29 is 0 Å². The Hall–Kier alpha value is -0.510. The van der Waals surface area contributed by atoms with Gasteiger partial charge < -0.3 is 5.32 Å². The van der Waals surface area contributed by atoms with E-state index in [2.05, 4.69) is 41.5 Å². The first-order valence-corrected chi connectivity index (χ1v) is 8.51. The van der Waals surface area contributed by atoms with E-state index in [0.29, 0.717) is 6.04 Å². The molecule has 2 nitrogen and oxygen atoms in total. The topological polar surface area (TPSA) is 15.3 Å². The molecule has 1 aromatic rings. The van der Waals surface area contributed by atoms with Crippen LogP contribution in [0.3, 0.4) is 0 Å². The van der Waals surface area contributed by atoms with Crippen molar-refractivity contribution in [1.82, 2.24) is 10.2 Å². The van der Waals surface area contributed by atoms with Gasteiger partial charge in [-0.3, -0.25) is 4.90 Å². The molecule has 104 valence electrons. The number of likely N-dealkylation sites (tertiary alicyclic amines) is 1. The smallest absolute Gasteiger partial charge is 0.0370 e. The minimum absolute atomic E-state index is 0.649. The number of thioether (sulfide) groups is 1. The Morgan fingerprint density at radius 3 is 3.05 bits per heavy atom. The van der Waals surface area contributed by atoms with Crippen LogP contribution < -0.4 is 5.32 Å². The second-order valence-corrected chi connectivity index (χ2v) is 6.77. The van der Waals surface area contributed by atoms with Crippen LogP contribution in [-0.4, -0.2) is 36.8 Å². The molecule has 0 aromatic heterocycles. The zero-order chi connectivity index (χ0) is 13.1. The molecule has 2 heterocycles. The predicted octanol–water partition coefficient (Wildman–Crippen LogP) is 3.30. The number of piperidine rings is 1. The second-order valence-electron chi connectivity index (χ2n) is 5.64. The summed E-state index contributed by atoms with van der Waals surface area (Å²) in [5, 5.41) is 3.38. The summed E-state index contributed by atoms with van der Waals surface area (Å²) in [6.45, 7) is 2.40. The average molecular weight is 276 g/mol. The van der Waals surface area contributed by atoms with Gasteiger partial charge in [0.05, 0.1) is 0 Å². The van der Waals surface area contributed by atoms with E-state index in [4.69, 9.17) is 0 Å². The van der Waals surface area contributed by atoms with Gasteiger partial charge in [0.25, 0.3) is 0 Å². The third kappa shape index (κ3) is 2.83. The fourth-order valence-electron chi connectivity index (χ4n) is 3.56. The van der Waals surface area contributed by atoms with Crippen LogP contribution >= 0.6 is 11.8 Å². The lowest BCUT2D eigenvalue weighted by molar-refractivity contribution is 0.0901. The molecule has 1 N–H and O–H groups in total. The lowest BCUT2D eigenvalue weighted by Crippen LogP contribution is -2.47. The predicted molar refractivity (Wildman–Crippen MR) is 82.8 cm³/mol. The standard InChI is InChI=1S/C16H24N2S/c1-17-12-13-6-4-5-10-18(13)15-9-11-19-16-8-3-2-7-14(15)16/h2-3,7-8,13,15,17H,4-6,9-12H2,1H3. The van der Waals surface area contributed by atoms with Crippen molar-refractivity contribution in [3.05, 3.63) is 29.8 Å².